The molecule has 10 nitrogen and oxygen atoms in total. The van der Waals surface area contributed by atoms with Crippen molar-refractivity contribution < 1.29 is 19.1 Å². The molecule has 2 amide bonds. The van der Waals surface area contributed by atoms with Gasteiger partial charge in [0.1, 0.15) is 17.7 Å². The van der Waals surface area contributed by atoms with Crippen LogP contribution in [-0.2, 0) is 10.2 Å². The number of urea groups is 1. The Bertz CT molecular complexity index is 1630. The number of benzene rings is 1. The van der Waals surface area contributed by atoms with Gasteiger partial charge in [-0.15, -0.1) is 10.2 Å². The van der Waals surface area contributed by atoms with Gasteiger partial charge >= 0.3 is 12.0 Å². The quantitative estimate of drug-likeness (QED) is 0.216. The van der Waals surface area contributed by atoms with Crippen LogP contribution in [0.5, 0.6) is 5.75 Å². The van der Waals surface area contributed by atoms with Crippen molar-refractivity contribution >= 4 is 23.3 Å². The molecule has 0 fully saturated rings. The van der Waals surface area contributed by atoms with Gasteiger partial charge in [0.2, 0.25) is 0 Å². The minimum atomic E-state index is -0.524. The summed E-state index contributed by atoms with van der Waals surface area (Å²) in [5, 5.41) is 14.7. The second kappa shape index (κ2) is 12.4. The highest BCUT2D eigenvalue weighted by Crippen LogP contribution is 2.39. The fraction of sp³-hybridized carbons (Fsp3) is 0.424. The highest BCUT2D eigenvalue weighted by molar-refractivity contribution is 5.93. The molecule has 0 unspecified atom stereocenters. The molecule has 0 saturated carbocycles. The molecule has 3 atom stereocenters. The van der Waals surface area contributed by atoms with E-state index in [9.17, 15) is 9.59 Å². The number of hydrogen-bond acceptors (Lipinski definition) is 7. The van der Waals surface area contributed by atoms with Gasteiger partial charge in [-0.25, -0.2) is 14.6 Å². The number of hydrogen-bond donors (Lipinski definition) is 2. The summed E-state index contributed by atoms with van der Waals surface area (Å²) in [5.41, 5.74) is 3.82. The maximum absolute atomic E-state index is 13.2. The van der Waals surface area contributed by atoms with Crippen molar-refractivity contribution in [3.63, 3.8) is 0 Å². The summed E-state index contributed by atoms with van der Waals surface area (Å²) in [4.78, 5) is 30.2. The van der Waals surface area contributed by atoms with E-state index in [4.69, 9.17) is 9.47 Å². The third-order valence-corrected chi connectivity index (χ3v) is 7.81. The van der Waals surface area contributed by atoms with Crippen LogP contribution in [0.2, 0.25) is 0 Å². The molecule has 4 aromatic rings. The van der Waals surface area contributed by atoms with Crippen molar-refractivity contribution in [1.29, 1.82) is 0 Å². The fourth-order valence-corrected chi connectivity index (χ4v) is 5.29. The predicted molar refractivity (Wildman–Crippen MR) is 165 cm³/mol. The number of nitrogens with zero attached hydrogens (tertiary/aromatic N) is 4. The van der Waals surface area contributed by atoms with E-state index >= 15 is 0 Å². The van der Waals surface area contributed by atoms with Crippen molar-refractivity contribution in [3.8, 4) is 5.75 Å². The Morgan fingerprint density at radius 2 is 1.81 bits per heavy atom. The summed E-state index contributed by atoms with van der Waals surface area (Å²) in [6.07, 6.45) is 4.17. The Labute approximate surface area is 252 Å². The Morgan fingerprint density at radius 3 is 2.53 bits per heavy atom. The van der Waals surface area contributed by atoms with E-state index < -0.39 is 5.97 Å². The molecule has 0 radical (unpaired) electrons. The third kappa shape index (κ3) is 6.63. The first-order chi connectivity index (χ1) is 20.6. The number of amides is 2. The molecule has 0 bridgehead atoms. The monoisotopic (exact) mass is 584 g/mol. The number of nitrogens with one attached hydrogen (secondary N) is 2. The zero-order chi connectivity index (χ0) is 30.7. The van der Waals surface area contributed by atoms with Crippen LogP contribution in [0.4, 0.5) is 10.5 Å². The van der Waals surface area contributed by atoms with Crippen LogP contribution < -0.4 is 15.4 Å². The molecule has 1 aliphatic carbocycles. The Morgan fingerprint density at radius 1 is 1.05 bits per heavy atom. The van der Waals surface area contributed by atoms with Gasteiger partial charge in [0.15, 0.2) is 11.3 Å². The van der Waals surface area contributed by atoms with Gasteiger partial charge in [-0.2, -0.15) is 0 Å². The van der Waals surface area contributed by atoms with Crippen molar-refractivity contribution in [1.82, 2.24) is 24.9 Å². The van der Waals surface area contributed by atoms with E-state index in [1.54, 1.807) is 19.1 Å². The summed E-state index contributed by atoms with van der Waals surface area (Å²) in [7, 11) is 0. The number of anilines is 1. The second-order valence-corrected chi connectivity index (χ2v) is 12.0. The van der Waals surface area contributed by atoms with Crippen LogP contribution in [0, 0.1) is 0 Å². The minimum Gasteiger partial charge on any atom is -0.484 e. The molecule has 0 saturated heterocycles. The normalized spacial score (nSPS) is 17.2. The molecule has 1 aromatic carbocycles. The molecular weight excluding hydrogens is 544 g/mol. The van der Waals surface area contributed by atoms with Crippen LogP contribution in [0.15, 0.2) is 54.7 Å². The predicted octanol–water partition coefficient (Wildman–Crippen LogP) is 6.89. The second-order valence-electron chi connectivity index (χ2n) is 12.0. The number of fused-ring (bicyclic) bond motifs is 2. The van der Waals surface area contributed by atoms with Gasteiger partial charge in [-0.3, -0.25) is 4.40 Å². The molecular formula is C33H40N6O4. The Balaban J connectivity index is 1.33. The number of aromatic nitrogens is 4. The van der Waals surface area contributed by atoms with Crippen LogP contribution in [0.3, 0.4) is 0 Å². The number of pyridine rings is 2. The average Bonchev–Trinajstić information content (AvgIpc) is 3.41. The molecule has 1 aliphatic rings. The highest BCUT2D eigenvalue weighted by Gasteiger charge is 2.30. The van der Waals surface area contributed by atoms with E-state index in [1.165, 1.54) is 0 Å². The van der Waals surface area contributed by atoms with Crippen molar-refractivity contribution in [3.05, 3.63) is 83.1 Å². The highest BCUT2D eigenvalue weighted by atomic mass is 16.5. The van der Waals surface area contributed by atoms with Crippen molar-refractivity contribution in [2.45, 2.75) is 84.3 Å². The molecule has 43 heavy (non-hydrogen) atoms. The summed E-state index contributed by atoms with van der Waals surface area (Å²) in [5.74, 6) is 1.41. The lowest BCUT2D eigenvalue weighted by Gasteiger charge is -2.32. The molecule has 3 aromatic heterocycles. The molecule has 10 heteroatoms. The standard InChI is InChI=1S/C33H40N6O4/c1-7-20(3)30-38-37-29-16-13-22(19-39(29)30)43-27-15-14-25(23-11-9-10-12-24(23)27)36-32(41)34-21-17-26(31(40)42-8-2)35-28(18-21)33(4,5)6/h9-13,16-20,25,27H,7-8,14-15H2,1-6H3,(H2,34,35,36,41)/t20-,25-,27+/m0/s1. The molecule has 5 rings (SSSR count). The van der Waals surface area contributed by atoms with Gasteiger partial charge < -0.3 is 20.1 Å². The number of ether oxygens (including phenoxy) is 2. The zero-order valence-electron chi connectivity index (χ0n) is 25.7. The summed E-state index contributed by atoms with van der Waals surface area (Å²) in [6.45, 7) is 12.3. The lowest BCUT2D eigenvalue weighted by Crippen LogP contribution is -2.35. The molecule has 3 heterocycles. The van der Waals surface area contributed by atoms with Gasteiger partial charge in [-0.1, -0.05) is 58.9 Å². The van der Waals surface area contributed by atoms with Crippen LogP contribution in [0.25, 0.3) is 5.65 Å². The van der Waals surface area contributed by atoms with Gasteiger partial charge in [0, 0.05) is 22.7 Å². The zero-order valence-corrected chi connectivity index (χ0v) is 25.7. The average molecular weight is 585 g/mol. The number of carbonyl (C=O) groups is 2. The Kier molecular flexibility index (Phi) is 8.66. The molecule has 0 aliphatic heterocycles. The first kappa shape index (κ1) is 30.0. The van der Waals surface area contributed by atoms with Gasteiger partial charge in [0.05, 0.1) is 18.8 Å². The minimum absolute atomic E-state index is 0.161. The van der Waals surface area contributed by atoms with Gasteiger partial charge in [-0.05, 0) is 61.6 Å². The summed E-state index contributed by atoms with van der Waals surface area (Å²) >= 11 is 0. The summed E-state index contributed by atoms with van der Waals surface area (Å²) < 4.78 is 13.7. The summed E-state index contributed by atoms with van der Waals surface area (Å²) in [6, 6.07) is 14.7. The first-order valence-electron chi connectivity index (χ1n) is 14.9. The van der Waals surface area contributed by atoms with Crippen LogP contribution in [-0.4, -0.2) is 38.2 Å². The fourth-order valence-electron chi connectivity index (χ4n) is 5.29. The largest absolute Gasteiger partial charge is 0.484 e. The van der Waals surface area contributed by atoms with E-state index in [2.05, 4.69) is 45.7 Å². The maximum atomic E-state index is 13.2. The number of esters is 1. The van der Waals surface area contributed by atoms with E-state index in [-0.39, 0.29) is 41.8 Å². The van der Waals surface area contributed by atoms with E-state index in [0.29, 0.717) is 17.8 Å². The van der Waals surface area contributed by atoms with E-state index in [1.807, 2.05) is 61.7 Å². The SMILES string of the molecule is CCOC(=O)c1cc(NC(=O)N[C@H]2CC[C@@H](Oc3ccc4nnc([C@@H](C)CC)n4c3)c3ccccc32)cc(C(C)(C)C)n1. The van der Waals surface area contributed by atoms with Gasteiger partial charge in [0.25, 0.3) is 0 Å². The number of carbonyl (C=O) groups excluding carboxylic acids is 2. The smallest absolute Gasteiger partial charge is 0.356 e. The lowest BCUT2D eigenvalue weighted by atomic mass is 9.85. The maximum Gasteiger partial charge on any atom is 0.356 e. The van der Waals surface area contributed by atoms with Crippen LogP contribution in [0.1, 0.15) is 112 Å². The topological polar surface area (TPSA) is 120 Å². The van der Waals surface area contributed by atoms with Crippen LogP contribution >= 0.6 is 0 Å². The lowest BCUT2D eigenvalue weighted by molar-refractivity contribution is 0.0519. The molecule has 226 valence electrons. The first-order valence-corrected chi connectivity index (χ1v) is 14.9. The van der Waals surface area contributed by atoms with Crippen molar-refractivity contribution in [2.75, 3.05) is 11.9 Å². The van der Waals surface area contributed by atoms with Crippen molar-refractivity contribution in [2.24, 2.45) is 0 Å². The molecule has 0 spiro atoms. The molecule has 2 N–H and O–H groups in total. The number of rotatable bonds is 8. The third-order valence-electron chi connectivity index (χ3n) is 7.81. The Hall–Kier alpha value is -4.47. The van der Waals surface area contributed by atoms with E-state index in [0.717, 1.165) is 41.2 Å².